The summed E-state index contributed by atoms with van der Waals surface area (Å²) in [6.45, 7) is 5.24. The summed E-state index contributed by atoms with van der Waals surface area (Å²) >= 11 is 0. The highest BCUT2D eigenvalue weighted by Crippen LogP contribution is 2.33. The Morgan fingerprint density at radius 2 is 1.75 bits per heavy atom. The normalized spacial score (nSPS) is 17.7. The van der Waals surface area contributed by atoms with Gasteiger partial charge in [-0.25, -0.2) is 4.79 Å². The van der Waals surface area contributed by atoms with E-state index in [-0.39, 0.29) is 29.5 Å². The van der Waals surface area contributed by atoms with Crippen LogP contribution in [0.4, 0.5) is 5.69 Å². The molecule has 0 radical (unpaired) electrons. The first-order valence-electron chi connectivity index (χ1n) is 12.7. The summed E-state index contributed by atoms with van der Waals surface area (Å²) in [6.07, 6.45) is 5.60. The zero-order valence-electron chi connectivity index (χ0n) is 20.9. The number of anilines is 1. The van der Waals surface area contributed by atoms with Crippen LogP contribution in [-0.4, -0.2) is 67.7 Å². The number of carbonyl (C=O) groups excluding carboxylic acids is 3. The Morgan fingerprint density at radius 3 is 2.50 bits per heavy atom. The zero-order valence-corrected chi connectivity index (χ0v) is 20.9. The monoisotopic (exact) mass is 493 g/mol. The molecule has 2 aromatic carbocycles. The highest BCUT2D eigenvalue weighted by Gasteiger charge is 2.38. The minimum Gasteiger partial charge on any atom is -0.452 e. The van der Waals surface area contributed by atoms with E-state index in [0.29, 0.717) is 31.0 Å². The van der Waals surface area contributed by atoms with E-state index >= 15 is 0 Å². The predicted molar refractivity (Wildman–Crippen MR) is 137 cm³/mol. The minimum atomic E-state index is -0.661. The van der Waals surface area contributed by atoms with Gasteiger partial charge in [0, 0.05) is 30.7 Å². The highest BCUT2D eigenvalue weighted by molar-refractivity contribution is 6.08. The number of ether oxygens (including phenoxy) is 2. The van der Waals surface area contributed by atoms with Gasteiger partial charge in [-0.1, -0.05) is 49.1 Å². The van der Waals surface area contributed by atoms with Crippen molar-refractivity contribution in [2.24, 2.45) is 0 Å². The van der Waals surface area contributed by atoms with Crippen molar-refractivity contribution in [3.8, 4) is 0 Å². The zero-order chi connectivity index (χ0) is 25.4. The van der Waals surface area contributed by atoms with Crippen LogP contribution in [0.3, 0.4) is 0 Å². The summed E-state index contributed by atoms with van der Waals surface area (Å²) < 4.78 is 10.8. The third-order valence-electron chi connectivity index (χ3n) is 7.09. The van der Waals surface area contributed by atoms with Crippen LogP contribution in [0.15, 0.2) is 48.5 Å². The Labute approximate surface area is 212 Å². The van der Waals surface area contributed by atoms with Gasteiger partial charge in [0.1, 0.15) is 0 Å². The van der Waals surface area contributed by atoms with Crippen LogP contribution in [0.25, 0.3) is 0 Å². The summed E-state index contributed by atoms with van der Waals surface area (Å²) in [5, 5.41) is 5.78. The van der Waals surface area contributed by atoms with Crippen molar-refractivity contribution in [1.29, 1.82) is 0 Å². The van der Waals surface area contributed by atoms with Gasteiger partial charge in [-0.05, 0) is 44.0 Å². The van der Waals surface area contributed by atoms with Crippen molar-refractivity contribution in [3.63, 3.8) is 0 Å². The van der Waals surface area contributed by atoms with Gasteiger partial charge >= 0.3 is 5.97 Å². The molecule has 0 unspecified atom stereocenters. The molecule has 0 aromatic heterocycles. The SMILES string of the molecule is Cc1cccc(C(=O)Nc2ccccc2C(=O)OCC(=O)NCC2(N3CCOCC3)CCCCC2)c1. The van der Waals surface area contributed by atoms with E-state index in [1.807, 2.05) is 13.0 Å². The first-order chi connectivity index (χ1) is 17.5. The number of rotatable bonds is 8. The number of benzene rings is 2. The Kier molecular flexibility index (Phi) is 8.72. The Bertz CT molecular complexity index is 1070. The van der Waals surface area contributed by atoms with Crippen LogP contribution in [0, 0.1) is 6.92 Å². The molecule has 8 heteroatoms. The third-order valence-corrected chi connectivity index (χ3v) is 7.09. The smallest absolute Gasteiger partial charge is 0.340 e. The number of esters is 1. The average molecular weight is 494 g/mol. The van der Waals surface area contributed by atoms with Gasteiger partial charge in [0.15, 0.2) is 6.61 Å². The number of aryl methyl sites for hydroxylation is 1. The Balaban J connectivity index is 1.33. The lowest BCUT2D eigenvalue weighted by atomic mass is 9.79. The van der Waals surface area contributed by atoms with E-state index in [1.165, 1.54) is 6.42 Å². The van der Waals surface area contributed by atoms with E-state index < -0.39 is 5.97 Å². The maximum Gasteiger partial charge on any atom is 0.340 e. The standard InChI is InChI=1S/C28H35N3O5/c1-21-8-7-9-22(18-21)26(33)30-24-11-4-3-10-23(24)27(34)36-19-25(32)29-20-28(12-5-2-6-13-28)31-14-16-35-17-15-31/h3-4,7-11,18H,2,5-6,12-17,19-20H2,1H3,(H,29,32)(H,30,33). The van der Waals surface area contributed by atoms with Crippen molar-refractivity contribution < 1.29 is 23.9 Å². The lowest BCUT2D eigenvalue weighted by molar-refractivity contribution is -0.125. The van der Waals surface area contributed by atoms with E-state index in [2.05, 4.69) is 15.5 Å². The molecule has 0 bridgehead atoms. The molecular formula is C28H35N3O5. The lowest BCUT2D eigenvalue weighted by Crippen LogP contribution is -2.59. The fourth-order valence-electron chi connectivity index (χ4n) is 5.13. The summed E-state index contributed by atoms with van der Waals surface area (Å²) in [7, 11) is 0. The van der Waals surface area contributed by atoms with E-state index in [4.69, 9.17) is 9.47 Å². The molecule has 8 nitrogen and oxygen atoms in total. The van der Waals surface area contributed by atoms with E-state index in [0.717, 1.165) is 44.3 Å². The molecule has 2 aromatic rings. The number of carbonyl (C=O) groups is 3. The molecule has 2 fully saturated rings. The Morgan fingerprint density at radius 1 is 1.00 bits per heavy atom. The van der Waals surface area contributed by atoms with Gasteiger partial charge in [0.25, 0.3) is 11.8 Å². The van der Waals surface area contributed by atoms with Gasteiger partial charge in [-0.3, -0.25) is 14.5 Å². The number of nitrogens with one attached hydrogen (secondary N) is 2. The third kappa shape index (κ3) is 6.50. The number of nitrogens with zero attached hydrogens (tertiary/aromatic N) is 1. The van der Waals surface area contributed by atoms with E-state index in [1.54, 1.807) is 42.5 Å². The molecule has 1 aliphatic carbocycles. The van der Waals surface area contributed by atoms with Crippen LogP contribution in [0.1, 0.15) is 58.4 Å². The largest absolute Gasteiger partial charge is 0.452 e. The molecule has 2 aliphatic rings. The van der Waals surface area contributed by atoms with Crippen LogP contribution in [-0.2, 0) is 14.3 Å². The molecule has 0 spiro atoms. The summed E-state index contributed by atoms with van der Waals surface area (Å²) in [6, 6.07) is 13.8. The van der Waals surface area contributed by atoms with E-state index in [9.17, 15) is 14.4 Å². The van der Waals surface area contributed by atoms with Gasteiger partial charge in [-0.2, -0.15) is 0 Å². The second kappa shape index (κ2) is 12.1. The van der Waals surface area contributed by atoms with Crippen molar-refractivity contribution in [1.82, 2.24) is 10.2 Å². The van der Waals surface area contributed by atoms with Crippen molar-refractivity contribution in [2.45, 2.75) is 44.6 Å². The maximum atomic E-state index is 12.8. The number of para-hydroxylation sites is 1. The molecular weight excluding hydrogens is 458 g/mol. The predicted octanol–water partition coefficient (Wildman–Crippen LogP) is 3.56. The minimum absolute atomic E-state index is 0.0611. The quantitative estimate of drug-likeness (QED) is 0.546. The summed E-state index contributed by atoms with van der Waals surface area (Å²) in [5.74, 6) is -1.31. The molecule has 1 aliphatic heterocycles. The number of morpholine rings is 1. The van der Waals surface area contributed by atoms with Gasteiger partial charge in [0.05, 0.1) is 24.5 Å². The second-order valence-electron chi connectivity index (χ2n) is 9.61. The number of amides is 2. The maximum absolute atomic E-state index is 12.8. The average Bonchev–Trinajstić information content (AvgIpc) is 2.92. The van der Waals surface area contributed by atoms with Crippen molar-refractivity contribution >= 4 is 23.5 Å². The second-order valence-corrected chi connectivity index (χ2v) is 9.61. The first kappa shape index (κ1) is 25.9. The fraction of sp³-hybridized carbons (Fsp3) is 0.464. The van der Waals surface area contributed by atoms with Crippen molar-refractivity contribution in [3.05, 3.63) is 65.2 Å². The van der Waals surface area contributed by atoms with Crippen LogP contribution >= 0.6 is 0 Å². The van der Waals surface area contributed by atoms with Crippen LogP contribution in [0.5, 0.6) is 0 Å². The molecule has 2 amide bonds. The molecule has 0 atom stereocenters. The fourth-order valence-corrected chi connectivity index (χ4v) is 5.13. The molecule has 2 N–H and O–H groups in total. The molecule has 1 heterocycles. The van der Waals surface area contributed by atoms with Crippen LogP contribution in [0.2, 0.25) is 0 Å². The molecule has 192 valence electrons. The van der Waals surface area contributed by atoms with Gasteiger partial charge < -0.3 is 20.1 Å². The first-order valence-corrected chi connectivity index (χ1v) is 12.7. The summed E-state index contributed by atoms with van der Waals surface area (Å²) in [4.78, 5) is 40.5. The number of hydrogen-bond acceptors (Lipinski definition) is 6. The molecule has 1 saturated carbocycles. The molecule has 1 saturated heterocycles. The number of hydrogen-bond donors (Lipinski definition) is 2. The van der Waals surface area contributed by atoms with Gasteiger partial charge in [-0.15, -0.1) is 0 Å². The lowest BCUT2D eigenvalue weighted by Gasteiger charge is -2.48. The van der Waals surface area contributed by atoms with Gasteiger partial charge in [0.2, 0.25) is 0 Å². The summed E-state index contributed by atoms with van der Waals surface area (Å²) in [5.41, 5.74) is 1.93. The Hall–Kier alpha value is -3.23. The topological polar surface area (TPSA) is 97.0 Å². The van der Waals surface area contributed by atoms with Crippen LogP contribution < -0.4 is 10.6 Å². The molecule has 4 rings (SSSR count). The van der Waals surface area contributed by atoms with Crippen molar-refractivity contribution in [2.75, 3.05) is 44.8 Å². The highest BCUT2D eigenvalue weighted by atomic mass is 16.5. The molecule has 36 heavy (non-hydrogen) atoms.